The summed E-state index contributed by atoms with van der Waals surface area (Å²) in [6.07, 6.45) is 9.07. The molecular formula is C24H31ClFN5O4S. The Morgan fingerprint density at radius 2 is 1.89 bits per heavy atom. The number of benzene rings is 1. The Morgan fingerprint density at radius 3 is 2.47 bits per heavy atom. The molecule has 0 aliphatic heterocycles. The third-order valence-corrected chi connectivity index (χ3v) is 8.81. The van der Waals surface area contributed by atoms with Crippen LogP contribution in [0.3, 0.4) is 0 Å². The van der Waals surface area contributed by atoms with E-state index in [-0.39, 0.29) is 34.6 Å². The van der Waals surface area contributed by atoms with Crippen LogP contribution in [0.25, 0.3) is 11.3 Å². The molecule has 1 heterocycles. The Morgan fingerprint density at radius 1 is 1.19 bits per heavy atom. The van der Waals surface area contributed by atoms with Gasteiger partial charge in [0.1, 0.15) is 0 Å². The summed E-state index contributed by atoms with van der Waals surface area (Å²) in [7, 11) is -0.254. The highest BCUT2D eigenvalue weighted by Gasteiger charge is 2.34. The van der Waals surface area contributed by atoms with Gasteiger partial charge >= 0.3 is 0 Å². The fraction of sp³-hybridized carbons (Fsp3) is 0.542. The molecular weight excluding hydrogens is 509 g/mol. The Hall–Kier alpha value is -2.50. The second-order valence-corrected chi connectivity index (χ2v) is 12.0. The maximum atomic E-state index is 14.6. The molecule has 2 aliphatic carbocycles. The van der Waals surface area contributed by atoms with Gasteiger partial charge in [-0.25, -0.2) is 17.8 Å². The molecule has 9 nitrogen and oxygen atoms in total. The van der Waals surface area contributed by atoms with Crippen LogP contribution in [0.15, 0.2) is 24.7 Å². The van der Waals surface area contributed by atoms with Crippen LogP contribution < -0.4 is 10.3 Å². The first kappa shape index (κ1) is 26.6. The molecule has 196 valence electrons. The van der Waals surface area contributed by atoms with Crippen LogP contribution in [0.2, 0.25) is 5.02 Å². The van der Waals surface area contributed by atoms with Crippen LogP contribution in [0.4, 0.5) is 4.39 Å². The van der Waals surface area contributed by atoms with Crippen molar-refractivity contribution in [3.63, 3.8) is 0 Å². The van der Waals surface area contributed by atoms with Crippen LogP contribution >= 0.6 is 11.6 Å². The Kier molecular flexibility index (Phi) is 8.01. The molecule has 2 aliphatic rings. The normalized spacial score (nSPS) is 20.6. The quantitative estimate of drug-likeness (QED) is 0.500. The van der Waals surface area contributed by atoms with Gasteiger partial charge in [-0.05, 0) is 56.6 Å². The zero-order chi connectivity index (χ0) is 26.0. The predicted molar refractivity (Wildman–Crippen MR) is 134 cm³/mol. The summed E-state index contributed by atoms with van der Waals surface area (Å²) in [5.41, 5.74) is 2.61. The lowest BCUT2D eigenvalue weighted by Gasteiger charge is -2.38. The molecule has 0 radical (unpaired) electrons. The van der Waals surface area contributed by atoms with Gasteiger partial charge < -0.3 is 9.47 Å². The van der Waals surface area contributed by atoms with Gasteiger partial charge in [-0.3, -0.25) is 15.0 Å². The molecule has 2 N–H and O–H groups in total. The highest BCUT2D eigenvalue weighted by Crippen LogP contribution is 2.33. The first-order chi connectivity index (χ1) is 17.0. The maximum Gasteiger partial charge on any atom is 0.269 e. The molecule has 0 spiro atoms. The van der Waals surface area contributed by atoms with Crippen molar-refractivity contribution in [2.75, 3.05) is 12.8 Å². The molecule has 0 bridgehead atoms. The average Bonchev–Trinajstić information content (AvgIpc) is 3.24. The molecule has 0 atom stereocenters. The number of aryl methyl sites for hydroxylation is 1. The number of nitrogens with one attached hydrogen (secondary N) is 2. The second-order valence-electron chi connectivity index (χ2n) is 9.83. The zero-order valence-electron chi connectivity index (χ0n) is 20.3. The zero-order valence-corrected chi connectivity index (χ0v) is 21.9. The van der Waals surface area contributed by atoms with Gasteiger partial charge in [-0.2, -0.15) is 0 Å². The van der Waals surface area contributed by atoms with E-state index in [4.69, 9.17) is 11.6 Å². The van der Waals surface area contributed by atoms with Crippen molar-refractivity contribution in [3.8, 4) is 11.3 Å². The lowest BCUT2D eigenvalue weighted by atomic mass is 9.82. The molecule has 2 amide bonds. The molecule has 0 unspecified atom stereocenters. The molecule has 36 heavy (non-hydrogen) atoms. The van der Waals surface area contributed by atoms with Crippen LogP contribution in [-0.4, -0.2) is 53.5 Å². The van der Waals surface area contributed by atoms with Gasteiger partial charge in [-0.1, -0.05) is 18.0 Å². The number of nitrogens with zero attached hydrogens (tertiary/aromatic N) is 3. The third kappa shape index (κ3) is 6.07. The van der Waals surface area contributed by atoms with Gasteiger partial charge in [0, 0.05) is 37.8 Å². The summed E-state index contributed by atoms with van der Waals surface area (Å²) in [5.74, 6) is -1.84. The highest BCUT2D eigenvalue weighted by molar-refractivity contribution is 7.89. The van der Waals surface area contributed by atoms with E-state index in [1.807, 2.05) is 11.9 Å². The van der Waals surface area contributed by atoms with Crippen molar-refractivity contribution < 1.29 is 22.4 Å². The van der Waals surface area contributed by atoms with E-state index in [0.717, 1.165) is 32.1 Å². The van der Waals surface area contributed by atoms with E-state index >= 15 is 0 Å². The van der Waals surface area contributed by atoms with E-state index < -0.39 is 27.3 Å². The molecule has 2 fully saturated rings. The van der Waals surface area contributed by atoms with Gasteiger partial charge in [0.2, 0.25) is 15.9 Å². The smallest absolute Gasteiger partial charge is 0.269 e. The van der Waals surface area contributed by atoms with E-state index in [1.165, 1.54) is 12.1 Å². The molecule has 2 saturated carbocycles. The number of rotatable bonds is 8. The molecule has 4 rings (SSSR count). The van der Waals surface area contributed by atoms with Crippen molar-refractivity contribution in [2.45, 2.75) is 51.0 Å². The van der Waals surface area contributed by atoms with Crippen molar-refractivity contribution >= 4 is 33.4 Å². The monoisotopic (exact) mass is 539 g/mol. The fourth-order valence-corrected chi connectivity index (χ4v) is 6.33. The molecule has 12 heteroatoms. The van der Waals surface area contributed by atoms with Crippen LogP contribution in [0, 0.1) is 17.7 Å². The van der Waals surface area contributed by atoms with Gasteiger partial charge in [0.05, 0.1) is 28.4 Å². The van der Waals surface area contributed by atoms with E-state index in [9.17, 15) is 22.4 Å². The minimum absolute atomic E-state index is 0.0958. The Bertz CT molecular complexity index is 1240. The number of imidazole rings is 1. The van der Waals surface area contributed by atoms with Gasteiger partial charge in [0.15, 0.2) is 5.82 Å². The third-order valence-electron chi connectivity index (χ3n) is 7.21. The lowest BCUT2D eigenvalue weighted by molar-refractivity contribution is -0.139. The summed E-state index contributed by atoms with van der Waals surface area (Å²) in [4.78, 5) is 33.2. The van der Waals surface area contributed by atoms with Crippen LogP contribution in [0.5, 0.6) is 0 Å². The number of halogens is 2. The summed E-state index contributed by atoms with van der Waals surface area (Å²) < 4.78 is 41.5. The SMILES string of the molecule is CN(C(=O)C1CCC1)C1CCC(CS(=O)(=O)NNC(=O)c2cc(-c3cn(C)cn3)cc(Cl)c2F)CC1. The number of hydrogen-bond donors (Lipinski definition) is 2. The van der Waals surface area contributed by atoms with Crippen molar-refractivity contribution in [1.82, 2.24) is 24.7 Å². The van der Waals surface area contributed by atoms with Crippen LogP contribution in [0.1, 0.15) is 55.3 Å². The minimum atomic E-state index is -3.86. The second kappa shape index (κ2) is 10.9. The number of carbonyl (C=O) groups excluding carboxylic acids is 2. The summed E-state index contributed by atoms with van der Waals surface area (Å²) in [5, 5.41) is -0.274. The molecule has 2 aromatic rings. The average molecular weight is 540 g/mol. The number of carbonyl (C=O) groups is 2. The fourth-order valence-electron chi connectivity index (χ4n) is 4.83. The first-order valence-electron chi connectivity index (χ1n) is 12.1. The first-order valence-corrected chi connectivity index (χ1v) is 14.1. The maximum absolute atomic E-state index is 14.6. The molecule has 1 aromatic heterocycles. The number of hydrogen-bond acceptors (Lipinski definition) is 5. The minimum Gasteiger partial charge on any atom is -0.343 e. The number of sulfonamides is 1. The van der Waals surface area contributed by atoms with Gasteiger partial charge in [0.25, 0.3) is 5.91 Å². The standard InChI is InChI=1S/C24H31ClFN5O4S/c1-30-12-21(27-14-30)17-10-19(22(26)20(25)11-17)23(32)28-29-36(34,35)13-15-6-8-18(9-7-15)31(2)24(33)16-4-3-5-16/h10-12,14-16,18,29H,3-9,13H2,1-2H3,(H,28,32). The summed E-state index contributed by atoms with van der Waals surface area (Å²) in [6.45, 7) is 0. The topological polar surface area (TPSA) is 113 Å². The largest absolute Gasteiger partial charge is 0.343 e. The van der Waals surface area contributed by atoms with Crippen molar-refractivity contribution in [1.29, 1.82) is 0 Å². The van der Waals surface area contributed by atoms with Crippen LogP contribution in [-0.2, 0) is 21.9 Å². The summed E-state index contributed by atoms with van der Waals surface area (Å²) in [6, 6.07) is 2.76. The summed E-state index contributed by atoms with van der Waals surface area (Å²) >= 11 is 5.97. The number of hydrazine groups is 1. The lowest BCUT2D eigenvalue weighted by Crippen LogP contribution is -2.46. The number of aromatic nitrogens is 2. The van der Waals surface area contributed by atoms with Gasteiger partial charge in [-0.15, -0.1) is 4.83 Å². The molecule has 0 saturated heterocycles. The Labute approximate surface area is 215 Å². The molecule has 1 aromatic carbocycles. The van der Waals surface area contributed by atoms with E-state index in [0.29, 0.717) is 24.1 Å². The van der Waals surface area contributed by atoms with Crippen molar-refractivity contribution in [3.05, 3.63) is 41.1 Å². The van der Waals surface area contributed by atoms with E-state index in [1.54, 1.807) is 24.1 Å². The number of amides is 2. The predicted octanol–water partition coefficient (Wildman–Crippen LogP) is 3.26. The van der Waals surface area contributed by atoms with E-state index in [2.05, 4.69) is 15.2 Å². The Balaban J connectivity index is 1.31. The van der Waals surface area contributed by atoms with Crippen molar-refractivity contribution in [2.24, 2.45) is 18.9 Å². The highest BCUT2D eigenvalue weighted by atomic mass is 35.5.